The standard InChI is InChI=1S/C14H25N3O2/c15-9-11-5-4-6-12(11)14(19)16-10-13(18)17-7-2-1-3-8-17/h11-12H,1-10,15H2,(H,16,19). The van der Waals surface area contributed by atoms with E-state index in [1.807, 2.05) is 4.90 Å². The molecule has 0 radical (unpaired) electrons. The Kier molecular flexibility index (Phi) is 5.19. The lowest BCUT2D eigenvalue weighted by Gasteiger charge is -2.27. The van der Waals surface area contributed by atoms with Gasteiger partial charge in [-0.25, -0.2) is 0 Å². The van der Waals surface area contributed by atoms with Crippen molar-refractivity contribution in [3.05, 3.63) is 0 Å². The van der Waals surface area contributed by atoms with Gasteiger partial charge in [-0.3, -0.25) is 9.59 Å². The first-order valence-electron chi connectivity index (χ1n) is 7.48. The first kappa shape index (κ1) is 14.3. The monoisotopic (exact) mass is 267 g/mol. The normalized spacial score (nSPS) is 27.3. The molecule has 2 unspecified atom stereocenters. The Morgan fingerprint density at radius 2 is 1.84 bits per heavy atom. The van der Waals surface area contributed by atoms with Crippen molar-refractivity contribution in [3.8, 4) is 0 Å². The molecule has 2 atom stereocenters. The first-order valence-corrected chi connectivity index (χ1v) is 7.48. The molecule has 1 heterocycles. The fourth-order valence-corrected chi connectivity index (χ4v) is 3.21. The summed E-state index contributed by atoms with van der Waals surface area (Å²) < 4.78 is 0. The van der Waals surface area contributed by atoms with Crippen LogP contribution in [0.25, 0.3) is 0 Å². The quantitative estimate of drug-likeness (QED) is 0.778. The van der Waals surface area contributed by atoms with E-state index < -0.39 is 0 Å². The Hall–Kier alpha value is -1.10. The highest BCUT2D eigenvalue weighted by Crippen LogP contribution is 2.30. The van der Waals surface area contributed by atoms with E-state index in [4.69, 9.17) is 5.73 Å². The molecule has 0 aromatic rings. The highest BCUT2D eigenvalue weighted by molar-refractivity contribution is 5.86. The molecule has 0 aromatic carbocycles. The van der Waals surface area contributed by atoms with Crippen molar-refractivity contribution < 1.29 is 9.59 Å². The van der Waals surface area contributed by atoms with Crippen molar-refractivity contribution in [2.24, 2.45) is 17.6 Å². The Bertz CT molecular complexity index is 327. The molecule has 3 N–H and O–H groups in total. The van der Waals surface area contributed by atoms with Gasteiger partial charge < -0.3 is 16.0 Å². The maximum absolute atomic E-state index is 12.1. The van der Waals surface area contributed by atoms with Gasteiger partial charge in [-0.15, -0.1) is 0 Å². The summed E-state index contributed by atoms with van der Waals surface area (Å²) in [4.78, 5) is 25.9. The van der Waals surface area contributed by atoms with E-state index in [1.165, 1.54) is 6.42 Å². The van der Waals surface area contributed by atoms with Gasteiger partial charge >= 0.3 is 0 Å². The van der Waals surface area contributed by atoms with E-state index in [2.05, 4.69) is 5.32 Å². The molecule has 5 nitrogen and oxygen atoms in total. The van der Waals surface area contributed by atoms with E-state index in [-0.39, 0.29) is 24.3 Å². The number of carbonyl (C=O) groups excluding carboxylic acids is 2. The highest BCUT2D eigenvalue weighted by atomic mass is 16.2. The first-order chi connectivity index (χ1) is 9.22. The topological polar surface area (TPSA) is 75.4 Å². The number of likely N-dealkylation sites (tertiary alicyclic amines) is 1. The van der Waals surface area contributed by atoms with Crippen LogP contribution in [0.15, 0.2) is 0 Å². The van der Waals surface area contributed by atoms with Crippen LogP contribution in [0.1, 0.15) is 38.5 Å². The third-order valence-corrected chi connectivity index (χ3v) is 4.42. The molecule has 1 aliphatic carbocycles. The Labute approximate surface area is 114 Å². The molecule has 1 saturated heterocycles. The average Bonchev–Trinajstić information content (AvgIpc) is 2.93. The summed E-state index contributed by atoms with van der Waals surface area (Å²) in [5.74, 6) is 0.373. The van der Waals surface area contributed by atoms with Crippen LogP contribution in [0.2, 0.25) is 0 Å². The summed E-state index contributed by atoms with van der Waals surface area (Å²) >= 11 is 0. The van der Waals surface area contributed by atoms with Crippen molar-refractivity contribution in [3.63, 3.8) is 0 Å². The van der Waals surface area contributed by atoms with E-state index >= 15 is 0 Å². The number of nitrogens with one attached hydrogen (secondary N) is 1. The Balaban J connectivity index is 1.75. The summed E-state index contributed by atoms with van der Waals surface area (Å²) in [6.07, 6.45) is 6.38. The van der Waals surface area contributed by atoms with Crippen molar-refractivity contribution >= 4 is 11.8 Å². The number of nitrogens with two attached hydrogens (primary N) is 1. The molecule has 0 aromatic heterocycles. The van der Waals surface area contributed by atoms with Gasteiger partial charge in [0.2, 0.25) is 11.8 Å². The van der Waals surface area contributed by atoms with Crippen molar-refractivity contribution in [1.29, 1.82) is 0 Å². The zero-order valence-corrected chi connectivity index (χ0v) is 11.6. The second-order valence-electron chi connectivity index (χ2n) is 5.69. The molecule has 2 amide bonds. The van der Waals surface area contributed by atoms with Gasteiger partial charge in [-0.2, -0.15) is 0 Å². The molecule has 0 spiro atoms. The molecule has 2 fully saturated rings. The SMILES string of the molecule is NCC1CCCC1C(=O)NCC(=O)N1CCCCC1. The molecule has 2 aliphatic rings. The largest absolute Gasteiger partial charge is 0.347 e. The van der Waals surface area contributed by atoms with Crippen LogP contribution in [-0.2, 0) is 9.59 Å². The molecule has 19 heavy (non-hydrogen) atoms. The number of nitrogens with zero attached hydrogens (tertiary/aromatic N) is 1. The van der Waals surface area contributed by atoms with Crippen molar-refractivity contribution in [1.82, 2.24) is 10.2 Å². The Morgan fingerprint density at radius 1 is 1.11 bits per heavy atom. The lowest BCUT2D eigenvalue weighted by atomic mass is 9.95. The maximum Gasteiger partial charge on any atom is 0.241 e. The van der Waals surface area contributed by atoms with Crippen molar-refractivity contribution in [2.75, 3.05) is 26.2 Å². The third-order valence-electron chi connectivity index (χ3n) is 4.42. The highest BCUT2D eigenvalue weighted by Gasteiger charge is 2.32. The van der Waals surface area contributed by atoms with E-state index in [0.717, 1.165) is 45.2 Å². The number of amides is 2. The second-order valence-corrected chi connectivity index (χ2v) is 5.69. The molecule has 2 rings (SSSR count). The number of hydrogen-bond acceptors (Lipinski definition) is 3. The molecule has 1 saturated carbocycles. The minimum Gasteiger partial charge on any atom is -0.347 e. The molecule has 108 valence electrons. The van der Waals surface area contributed by atoms with Gasteiger partial charge in [0.1, 0.15) is 0 Å². The van der Waals surface area contributed by atoms with E-state index in [0.29, 0.717) is 12.5 Å². The molecule has 5 heteroatoms. The number of carbonyl (C=O) groups is 2. The second kappa shape index (κ2) is 6.89. The van der Waals surface area contributed by atoms with Gasteiger partial charge in [0, 0.05) is 19.0 Å². The maximum atomic E-state index is 12.1. The number of rotatable bonds is 4. The molecular weight excluding hydrogens is 242 g/mol. The average molecular weight is 267 g/mol. The zero-order chi connectivity index (χ0) is 13.7. The van der Waals surface area contributed by atoms with E-state index in [1.54, 1.807) is 0 Å². The molecule has 0 bridgehead atoms. The number of hydrogen-bond donors (Lipinski definition) is 2. The fraction of sp³-hybridized carbons (Fsp3) is 0.857. The Morgan fingerprint density at radius 3 is 2.53 bits per heavy atom. The number of piperidine rings is 1. The summed E-state index contributed by atoms with van der Waals surface area (Å²) in [5, 5.41) is 2.80. The lowest BCUT2D eigenvalue weighted by Crippen LogP contribution is -2.44. The molecule has 1 aliphatic heterocycles. The van der Waals surface area contributed by atoms with Crippen LogP contribution in [0, 0.1) is 11.8 Å². The summed E-state index contributed by atoms with van der Waals surface area (Å²) in [6, 6.07) is 0. The predicted molar refractivity (Wildman–Crippen MR) is 73.3 cm³/mol. The fourth-order valence-electron chi connectivity index (χ4n) is 3.21. The van der Waals surface area contributed by atoms with E-state index in [9.17, 15) is 9.59 Å². The van der Waals surface area contributed by atoms with Gasteiger partial charge in [0.05, 0.1) is 6.54 Å². The lowest BCUT2D eigenvalue weighted by molar-refractivity contribution is -0.134. The summed E-state index contributed by atoms with van der Waals surface area (Å²) in [6.45, 7) is 2.39. The van der Waals surface area contributed by atoms with Gasteiger partial charge in [-0.1, -0.05) is 6.42 Å². The van der Waals surface area contributed by atoms with Crippen LogP contribution < -0.4 is 11.1 Å². The van der Waals surface area contributed by atoms with Crippen LogP contribution in [0.5, 0.6) is 0 Å². The van der Waals surface area contributed by atoms with Crippen LogP contribution >= 0.6 is 0 Å². The van der Waals surface area contributed by atoms with Gasteiger partial charge in [0.15, 0.2) is 0 Å². The molecular formula is C14H25N3O2. The zero-order valence-electron chi connectivity index (χ0n) is 11.6. The smallest absolute Gasteiger partial charge is 0.241 e. The van der Waals surface area contributed by atoms with Crippen LogP contribution in [0.3, 0.4) is 0 Å². The van der Waals surface area contributed by atoms with Crippen LogP contribution in [0.4, 0.5) is 0 Å². The third kappa shape index (κ3) is 3.69. The summed E-state index contributed by atoms with van der Waals surface area (Å²) in [5.41, 5.74) is 5.68. The van der Waals surface area contributed by atoms with Crippen LogP contribution in [-0.4, -0.2) is 42.9 Å². The van der Waals surface area contributed by atoms with Gasteiger partial charge in [0.25, 0.3) is 0 Å². The summed E-state index contributed by atoms with van der Waals surface area (Å²) in [7, 11) is 0. The van der Waals surface area contributed by atoms with Crippen molar-refractivity contribution in [2.45, 2.75) is 38.5 Å². The minimum absolute atomic E-state index is 0.0123. The minimum atomic E-state index is 0.0123. The predicted octanol–water partition coefficient (Wildman–Crippen LogP) is 0.490. The van der Waals surface area contributed by atoms with Gasteiger partial charge in [-0.05, 0) is 44.6 Å².